The number of benzene rings is 4. The molecule has 5 rings (SSSR count). The zero-order valence-corrected chi connectivity index (χ0v) is 24.4. The fourth-order valence-electron chi connectivity index (χ4n) is 5.04. The number of aromatic hydroxyl groups is 1. The van der Waals surface area contributed by atoms with Gasteiger partial charge < -0.3 is 28.6 Å². The lowest BCUT2D eigenvalue weighted by Gasteiger charge is -2.16. The Morgan fingerprint density at radius 3 is 2.33 bits per heavy atom. The first-order valence-corrected chi connectivity index (χ1v) is 14.0. The Morgan fingerprint density at radius 2 is 1.56 bits per heavy atom. The number of phenolic OH excluding ortho intramolecular Hbond substituents is 1. The van der Waals surface area contributed by atoms with E-state index in [9.17, 15) is 9.90 Å². The van der Waals surface area contributed by atoms with E-state index in [4.69, 9.17) is 23.9 Å². The largest absolute Gasteiger partial charge is 0.507 e. The van der Waals surface area contributed by atoms with Gasteiger partial charge in [-0.3, -0.25) is 4.79 Å². The minimum Gasteiger partial charge on any atom is -0.507 e. The molecule has 0 amide bonds. The summed E-state index contributed by atoms with van der Waals surface area (Å²) in [5.41, 5.74) is 3.90. The fraction of sp³-hybridized carbons (Fsp3) is 0.200. The third-order valence-electron chi connectivity index (χ3n) is 7.11. The molecule has 0 bridgehead atoms. The molecule has 0 spiro atoms. The molecule has 8 nitrogen and oxygen atoms in total. The lowest BCUT2D eigenvalue weighted by molar-refractivity contribution is 0.104. The summed E-state index contributed by atoms with van der Waals surface area (Å²) in [4.78, 5) is 18.1. The van der Waals surface area contributed by atoms with E-state index in [-0.39, 0.29) is 28.6 Å². The molecule has 1 aromatic heterocycles. The number of carbonyl (C=O) groups excluding carboxylic acids is 1. The summed E-state index contributed by atoms with van der Waals surface area (Å²) in [5, 5.41) is 10.6. The standard InChI is InChI=1S/C35H34N2O6/c1-40-31-23-29(39)32(34(42-3)33(31)41-2)28(38)20-19-24-13-7-10-18-30(24)43-22-12-11-21-37-27-17-9-8-16-26(27)36-35(37)25-14-5-4-6-15-25/h4-10,13-20,23,39H,11-12,21-22H2,1-3H3/b20-19+. The van der Waals surface area contributed by atoms with Crippen LogP contribution >= 0.6 is 0 Å². The van der Waals surface area contributed by atoms with E-state index < -0.39 is 5.78 Å². The summed E-state index contributed by atoms with van der Waals surface area (Å²) in [5.74, 6) is 1.48. The van der Waals surface area contributed by atoms with E-state index in [1.54, 1.807) is 6.08 Å². The minimum absolute atomic E-state index is 0.0169. The molecule has 0 unspecified atom stereocenters. The van der Waals surface area contributed by atoms with E-state index in [0.717, 1.165) is 47.4 Å². The number of allylic oxidation sites excluding steroid dienone is 1. The van der Waals surface area contributed by atoms with E-state index in [0.29, 0.717) is 12.4 Å². The lowest BCUT2D eigenvalue weighted by Crippen LogP contribution is -2.05. The zero-order valence-electron chi connectivity index (χ0n) is 24.4. The lowest BCUT2D eigenvalue weighted by atomic mass is 10.0. The maximum atomic E-state index is 13.2. The molecule has 5 aromatic rings. The van der Waals surface area contributed by atoms with Crippen molar-refractivity contribution in [1.82, 2.24) is 9.55 Å². The van der Waals surface area contributed by atoms with Crippen LogP contribution in [0.2, 0.25) is 0 Å². The number of aryl methyl sites for hydroxylation is 1. The number of para-hydroxylation sites is 3. The molecule has 4 aromatic carbocycles. The van der Waals surface area contributed by atoms with Crippen molar-refractivity contribution in [3.8, 4) is 40.1 Å². The Kier molecular flexibility index (Phi) is 9.26. The highest BCUT2D eigenvalue weighted by Gasteiger charge is 2.24. The normalized spacial score (nSPS) is 11.1. The van der Waals surface area contributed by atoms with Crippen LogP contribution in [0.5, 0.6) is 28.7 Å². The van der Waals surface area contributed by atoms with Crippen molar-refractivity contribution >= 4 is 22.9 Å². The number of ketones is 1. The number of nitrogens with zero attached hydrogens (tertiary/aromatic N) is 2. The molecule has 0 saturated heterocycles. The van der Waals surface area contributed by atoms with Gasteiger partial charge in [-0.05, 0) is 43.2 Å². The van der Waals surface area contributed by atoms with Gasteiger partial charge in [0.1, 0.15) is 22.9 Å². The van der Waals surface area contributed by atoms with Gasteiger partial charge >= 0.3 is 0 Å². The summed E-state index contributed by atoms with van der Waals surface area (Å²) < 4.78 is 24.4. The molecule has 0 aliphatic carbocycles. The number of hydrogen-bond acceptors (Lipinski definition) is 7. The van der Waals surface area contributed by atoms with Gasteiger partial charge in [0.05, 0.1) is 39.0 Å². The number of aromatic nitrogens is 2. The van der Waals surface area contributed by atoms with Crippen molar-refractivity contribution in [2.24, 2.45) is 0 Å². The fourth-order valence-corrected chi connectivity index (χ4v) is 5.04. The van der Waals surface area contributed by atoms with Gasteiger partial charge in [-0.25, -0.2) is 4.98 Å². The highest BCUT2D eigenvalue weighted by atomic mass is 16.5. The average molecular weight is 579 g/mol. The number of ether oxygens (including phenoxy) is 4. The van der Waals surface area contributed by atoms with E-state index in [2.05, 4.69) is 22.8 Å². The number of imidazole rings is 1. The Morgan fingerprint density at radius 1 is 0.837 bits per heavy atom. The van der Waals surface area contributed by atoms with Crippen LogP contribution in [-0.4, -0.2) is 48.4 Å². The highest BCUT2D eigenvalue weighted by molar-refractivity contribution is 6.11. The molecule has 43 heavy (non-hydrogen) atoms. The predicted molar refractivity (Wildman–Crippen MR) is 167 cm³/mol. The Bertz CT molecular complexity index is 1740. The van der Waals surface area contributed by atoms with Crippen molar-refractivity contribution in [1.29, 1.82) is 0 Å². The van der Waals surface area contributed by atoms with Crippen molar-refractivity contribution in [3.63, 3.8) is 0 Å². The van der Waals surface area contributed by atoms with Gasteiger partial charge in [0.15, 0.2) is 17.3 Å². The van der Waals surface area contributed by atoms with Gasteiger partial charge in [0.2, 0.25) is 5.75 Å². The number of rotatable bonds is 13. The van der Waals surface area contributed by atoms with Crippen molar-refractivity contribution in [3.05, 3.63) is 102 Å². The van der Waals surface area contributed by atoms with Crippen molar-refractivity contribution < 1.29 is 28.8 Å². The van der Waals surface area contributed by atoms with Crippen LogP contribution in [0.25, 0.3) is 28.5 Å². The van der Waals surface area contributed by atoms with Crippen LogP contribution < -0.4 is 18.9 Å². The molecule has 220 valence electrons. The number of phenols is 1. The molecule has 0 atom stereocenters. The predicted octanol–water partition coefficient (Wildman–Crippen LogP) is 7.19. The molecular formula is C35H34N2O6. The maximum Gasteiger partial charge on any atom is 0.204 e. The quantitative estimate of drug-likeness (QED) is 0.0898. The van der Waals surface area contributed by atoms with Gasteiger partial charge in [-0.2, -0.15) is 0 Å². The van der Waals surface area contributed by atoms with E-state index >= 15 is 0 Å². The van der Waals surface area contributed by atoms with Crippen LogP contribution in [0.3, 0.4) is 0 Å². The first-order chi connectivity index (χ1) is 21.0. The Hall–Kier alpha value is -5.24. The third kappa shape index (κ3) is 6.33. The van der Waals surface area contributed by atoms with Gasteiger partial charge in [0, 0.05) is 23.7 Å². The molecule has 0 radical (unpaired) electrons. The summed E-state index contributed by atoms with van der Waals surface area (Å²) in [7, 11) is 4.28. The molecule has 1 heterocycles. The van der Waals surface area contributed by atoms with Crippen molar-refractivity contribution in [2.75, 3.05) is 27.9 Å². The number of methoxy groups -OCH3 is 3. The Balaban J connectivity index is 1.25. The molecule has 1 N–H and O–H groups in total. The average Bonchev–Trinajstić information content (AvgIpc) is 3.42. The third-order valence-corrected chi connectivity index (χ3v) is 7.11. The van der Waals surface area contributed by atoms with Crippen LogP contribution in [0.15, 0.2) is 91.0 Å². The first-order valence-electron chi connectivity index (χ1n) is 14.0. The molecular weight excluding hydrogens is 544 g/mol. The molecule has 0 saturated carbocycles. The summed E-state index contributed by atoms with van der Waals surface area (Å²) >= 11 is 0. The van der Waals surface area contributed by atoms with Gasteiger partial charge in [0.25, 0.3) is 0 Å². The molecule has 0 aliphatic rings. The number of carbonyl (C=O) groups is 1. The summed E-state index contributed by atoms with van der Waals surface area (Å²) in [6.45, 7) is 1.32. The van der Waals surface area contributed by atoms with Crippen LogP contribution in [0, 0.1) is 0 Å². The van der Waals surface area contributed by atoms with Gasteiger partial charge in [-0.15, -0.1) is 0 Å². The highest BCUT2D eigenvalue weighted by Crippen LogP contribution is 2.45. The zero-order chi connectivity index (χ0) is 30.2. The number of hydrogen-bond donors (Lipinski definition) is 1. The second-order valence-electron chi connectivity index (χ2n) is 9.77. The maximum absolute atomic E-state index is 13.2. The van der Waals surface area contributed by atoms with Crippen LogP contribution in [0.4, 0.5) is 0 Å². The molecule has 0 aliphatic heterocycles. The van der Waals surface area contributed by atoms with Crippen LogP contribution in [0.1, 0.15) is 28.8 Å². The smallest absolute Gasteiger partial charge is 0.204 e. The van der Waals surface area contributed by atoms with Gasteiger partial charge in [-0.1, -0.05) is 60.7 Å². The van der Waals surface area contributed by atoms with Crippen LogP contribution in [-0.2, 0) is 6.54 Å². The molecule has 0 fully saturated rings. The molecule has 8 heteroatoms. The summed E-state index contributed by atoms with van der Waals surface area (Å²) in [6, 6.07) is 27.3. The topological polar surface area (TPSA) is 92.0 Å². The monoisotopic (exact) mass is 578 g/mol. The second kappa shape index (κ2) is 13.6. The second-order valence-corrected chi connectivity index (χ2v) is 9.77. The Labute approximate surface area is 250 Å². The summed E-state index contributed by atoms with van der Waals surface area (Å²) in [6.07, 6.45) is 4.77. The van der Waals surface area contributed by atoms with E-state index in [1.807, 2.05) is 60.7 Å². The minimum atomic E-state index is -0.452. The van der Waals surface area contributed by atoms with E-state index in [1.165, 1.54) is 33.5 Å². The first kappa shape index (κ1) is 29.3. The van der Waals surface area contributed by atoms with Crippen molar-refractivity contribution in [2.45, 2.75) is 19.4 Å². The number of fused-ring (bicyclic) bond motifs is 1. The number of unbranched alkanes of at least 4 members (excludes halogenated alkanes) is 1. The SMILES string of the molecule is COc1cc(O)c(C(=O)/C=C/c2ccccc2OCCCCn2c(-c3ccccc3)nc3ccccc32)c(OC)c1OC.